The summed E-state index contributed by atoms with van der Waals surface area (Å²) in [4.78, 5) is 21.7. The van der Waals surface area contributed by atoms with Gasteiger partial charge in [0.05, 0.1) is 4.92 Å². The average molecular weight is 376 g/mol. The van der Waals surface area contributed by atoms with Crippen molar-refractivity contribution in [3.8, 4) is 5.75 Å². The Balaban J connectivity index is 0.00000312. The van der Waals surface area contributed by atoms with Crippen molar-refractivity contribution in [2.24, 2.45) is 11.7 Å². The highest BCUT2D eigenvalue weighted by atomic mass is 35.5. The van der Waals surface area contributed by atoms with Gasteiger partial charge in [0.1, 0.15) is 5.75 Å². The summed E-state index contributed by atoms with van der Waals surface area (Å²) in [5.41, 5.74) is 5.12. The molecule has 1 aromatic rings. The first-order valence-corrected chi connectivity index (χ1v) is 8.07. The molecule has 2 rings (SSSR count). The standard InChI is InChI=1S/C16H22FN3O4.ClH/c17-13-8-12(6-7-15(13)20(22)23)24-10-16(21)19-14(9-18)11-4-2-1-3-5-11;/h6-8,11,14H,1-5,9-10,18H2,(H,19,21);1H. The predicted octanol–water partition coefficient (Wildman–Crippen LogP) is 2.56. The molecule has 9 heteroatoms. The number of halogens is 2. The van der Waals surface area contributed by atoms with Crippen LogP contribution in [0.4, 0.5) is 10.1 Å². The molecule has 1 saturated carbocycles. The lowest BCUT2D eigenvalue weighted by Crippen LogP contribution is -2.47. The number of nitro benzene ring substituents is 1. The summed E-state index contributed by atoms with van der Waals surface area (Å²) >= 11 is 0. The Labute approximate surface area is 151 Å². The van der Waals surface area contributed by atoms with Crippen molar-refractivity contribution in [3.63, 3.8) is 0 Å². The van der Waals surface area contributed by atoms with Crippen molar-refractivity contribution in [2.75, 3.05) is 13.2 Å². The van der Waals surface area contributed by atoms with Gasteiger partial charge in [-0.2, -0.15) is 4.39 Å². The van der Waals surface area contributed by atoms with Gasteiger partial charge in [-0.3, -0.25) is 14.9 Å². The molecule has 7 nitrogen and oxygen atoms in total. The van der Waals surface area contributed by atoms with Gasteiger partial charge in [0, 0.05) is 24.7 Å². The van der Waals surface area contributed by atoms with Gasteiger partial charge in [0.2, 0.25) is 5.82 Å². The normalized spacial score (nSPS) is 15.8. The Hall–Kier alpha value is -1.93. The fourth-order valence-corrected chi connectivity index (χ4v) is 3.03. The van der Waals surface area contributed by atoms with E-state index in [9.17, 15) is 19.3 Å². The molecule has 140 valence electrons. The van der Waals surface area contributed by atoms with E-state index in [1.807, 2.05) is 0 Å². The van der Waals surface area contributed by atoms with Crippen molar-refractivity contribution in [1.29, 1.82) is 0 Å². The van der Waals surface area contributed by atoms with Crippen molar-refractivity contribution in [2.45, 2.75) is 38.1 Å². The zero-order valence-electron chi connectivity index (χ0n) is 13.8. The van der Waals surface area contributed by atoms with E-state index in [2.05, 4.69) is 5.32 Å². The number of hydrogen-bond acceptors (Lipinski definition) is 5. The van der Waals surface area contributed by atoms with Crippen LogP contribution in [0.2, 0.25) is 0 Å². The van der Waals surface area contributed by atoms with Crippen molar-refractivity contribution in [3.05, 3.63) is 34.1 Å². The maximum Gasteiger partial charge on any atom is 0.305 e. The number of nitrogens with zero attached hydrogens (tertiary/aromatic N) is 1. The Kier molecular flexibility index (Phi) is 8.57. The zero-order valence-corrected chi connectivity index (χ0v) is 14.6. The number of amides is 1. The van der Waals surface area contributed by atoms with Gasteiger partial charge >= 0.3 is 5.69 Å². The van der Waals surface area contributed by atoms with E-state index in [-0.39, 0.29) is 36.7 Å². The number of benzene rings is 1. The van der Waals surface area contributed by atoms with E-state index in [1.165, 1.54) is 12.5 Å². The second-order valence-corrected chi connectivity index (χ2v) is 5.97. The molecular weight excluding hydrogens is 353 g/mol. The monoisotopic (exact) mass is 375 g/mol. The van der Waals surface area contributed by atoms with Gasteiger partial charge in [-0.15, -0.1) is 12.4 Å². The van der Waals surface area contributed by atoms with Crippen LogP contribution in [0.3, 0.4) is 0 Å². The fraction of sp³-hybridized carbons (Fsp3) is 0.562. The Morgan fingerprint density at radius 2 is 2.08 bits per heavy atom. The minimum absolute atomic E-state index is 0. The zero-order chi connectivity index (χ0) is 17.5. The molecule has 0 radical (unpaired) electrons. The molecule has 0 heterocycles. The summed E-state index contributed by atoms with van der Waals surface area (Å²) in [6.45, 7) is 0.0725. The Bertz CT molecular complexity index is 597. The average Bonchev–Trinajstić information content (AvgIpc) is 2.58. The highest BCUT2D eigenvalue weighted by molar-refractivity contribution is 5.85. The lowest BCUT2D eigenvalue weighted by Gasteiger charge is -2.30. The van der Waals surface area contributed by atoms with E-state index >= 15 is 0 Å². The first-order chi connectivity index (χ1) is 11.5. The van der Waals surface area contributed by atoms with E-state index in [1.54, 1.807) is 0 Å². The molecule has 3 N–H and O–H groups in total. The number of nitrogens with one attached hydrogen (secondary N) is 1. The third-order valence-corrected chi connectivity index (χ3v) is 4.30. The molecule has 0 spiro atoms. The van der Waals surface area contributed by atoms with Crippen LogP contribution in [0.5, 0.6) is 5.75 Å². The fourth-order valence-electron chi connectivity index (χ4n) is 3.03. The molecular formula is C16H23ClFN3O4. The highest BCUT2D eigenvalue weighted by Crippen LogP contribution is 2.26. The number of carbonyl (C=O) groups excluding carboxylic acids is 1. The molecule has 0 bridgehead atoms. The van der Waals surface area contributed by atoms with Crippen molar-refractivity contribution in [1.82, 2.24) is 5.32 Å². The number of carbonyl (C=O) groups is 1. The number of rotatable bonds is 7. The quantitative estimate of drug-likeness (QED) is 0.562. The molecule has 1 aromatic carbocycles. The van der Waals surface area contributed by atoms with Crippen LogP contribution in [0.15, 0.2) is 18.2 Å². The molecule has 1 amide bonds. The second kappa shape index (κ2) is 10.1. The van der Waals surface area contributed by atoms with Gasteiger partial charge in [0.25, 0.3) is 5.91 Å². The molecule has 1 aliphatic rings. The van der Waals surface area contributed by atoms with Gasteiger partial charge < -0.3 is 15.8 Å². The molecule has 0 aromatic heterocycles. The first kappa shape index (κ1) is 21.1. The van der Waals surface area contributed by atoms with E-state index < -0.39 is 16.4 Å². The van der Waals surface area contributed by atoms with E-state index in [4.69, 9.17) is 10.5 Å². The van der Waals surface area contributed by atoms with Gasteiger partial charge in [0.15, 0.2) is 6.61 Å². The second-order valence-electron chi connectivity index (χ2n) is 5.97. The van der Waals surface area contributed by atoms with Crippen LogP contribution in [0.1, 0.15) is 32.1 Å². The lowest BCUT2D eigenvalue weighted by molar-refractivity contribution is -0.387. The summed E-state index contributed by atoms with van der Waals surface area (Å²) in [5.74, 6) is -0.894. The SMILES string of the molecule is Cl.NCC(NC(=O)COc1ccc([N+](=O)[O-])c(F)c1)C1CCCCC1. The summed E-state index contributed by atoms with van der Waals surface area (Å²) in [6, 6.07) is 3.08. The molecule has 1 atom stereocenters. The molecule has 25 heavy (non-hydrogen) atoms. The van der Waals surface area contributed by atoms with E-state index in [0.29, 0.717) is 12.5 Å². The predicted molar refractivity (Wildman–Crippen MR) is 93.4 cm³/mol. The maximum absolute atomic E-state index is 13.5. The summed E-state index contributed by atoms with van der Waals surface area (Å²) in [7, 11) is 0. The number of ether oxygens (including phenoxy) is 1. The topological polar surface area (TPSA) is 107 Å². The van der Waals surface area contributed by atoms with Crippen molar-refractivity contribution < 1.29 is 18.8 Å². The highest BCUT2D eigenvalue weighted by Gasteiger charge is 2.24. The summed E-state index contributed by atoms with van der Waals surface area (Å²) < 4.78 is 18.7. The number of hydrogen-bond donors (Lipinski definition) is 2. The Morgan fingerprint density at radius 1 is 1.40 bits per heavy atom. The maximum atomic E-state index is 13.5. The third kappa shape index (κ3) is 6.13. The van der Waals surface area contributed by atoms with Crippen LogP contribution in [0.25, 0.3) is 0 Å². The van der Waals surface area contributed by atoms with Crippen LogP contribution in [-0.2, 0) is 4.79 Å². The van der Waals surface area contributed by atoms with Crippen LogP contribution in [-0.4, -0.2) is 30.0 Å². The van der Waals surface area contributed by atoms with Crippen LogP contribution in [0, 0.1) is 21.8 Å². The molecule has 0 saturated heterocycles. The molecule has 1 unspecified atom stereocenters. The first-order valence-electron chi connectivity index (χ1n) is 8.07. The number of nitrogens with two attached hydrogens (primary N) is 1. The van der Waals surface area contributed by atoms with Gasteiger partial charge in [-0.05, 0) is 24.8 Å². The van der Waals surface area contributed by atoms with E-state index in [0.717, 1.165) is 37.8 Å². The van der Waals surface area contributed by atoms with Crippen LogP contribution >= 0.6 is 12.4 Å². The third-order valence-electron chi connectivity index (χ3n) is 4.30. The molecule has 1 fully saturated rings. The lowest BCUT2D eigenvalue weighted by atomic mass is 9.84. The largest absolute Gasteiger partial charge is 0.484 e. The Morgan fingerprint density at radius 3 is 2.64 bits per heavy atom. The van der Waals surface area contributed by atoms with Crippen molar-refractivity contribution >= 4 is 24.0 Å². The van der Waals surface area contributed by atoms with Gasteiger partial charge in [-0.1, -0.05) is 19.3 Å². The summed E-state index contributed by atoms with van der Waals surface area (Å²) in [6.07, 6.45) is 5.62. The number of nitro groups is 1. The van der Waals surface area contributed by atoms with Crippen LogP contribution < -0.4 is 15.8 Å². The smallest absolute Gasteiger partial charge is 0.305 e. The minimum atomic E-state index is -1.00. The molecule has 1 aliphatic carbocycles. The molecule has 0 aliphatic heterocycles. The van der Waals surface area contributed by atoms with Gasteiger partial charge in [-0.25, -0.2) is 0 Å². The minimum Gasteiger partial charge on any atom is -0.484 e. The summed E-state index contributed by atoms with van der Waals surface area (Å²) in [5, 5.41) is 13.4.